The average molecular weight is 299 g/mol. The highest BCUT2D eigenvalue weighted by Gasteiger charge is 2.20. The van der Waals surface area contributed by atoms with Crippen LogP contribution < -0.4 is 11.3 Å². The minimum absolute atomic E-state index is 0.334. The van der Waals surface area contributed by atoms with Crippen molar-refractivity contribution >= 4 is 23.2 Å². The van der Waals surface area contributed by atoms with Crippen LogP contribution in [0.25, 0.3) is 0 Å². The van der Waals surface area contributed by atoms with Gasteiger partial charge >= 0.3 is 0 Å². The normalized spacial score (nSPS) is 12.5. The largest absolute Gasteiger partial charge is 0.271 e. The number of nitrogens with one attached hydrogen (secondary N) is 1. The van der Waals surface area contributed by atoms with Crippen LogP contribution in [0.2, 0.25) is 10.0 Å². The summed E-state index contributed by atoms with van der Waals surface area (Å²) in [5.41, 5.74) is 4.49. The van der Waals surface area contributed by atoms with Crippen molar-refractivity contribution in [3.8, 4) is 0 Å². The van der Waals surface area contributed by atoms with E-state index in [9.17, 15) is 4.39 Å². The Kier molecular flexibility index (Phi) is 4.42. The Balaban J connectivity index is 2.53. The second kappa shape index (κ2) is 5.88. The number of rotatable bonds is 3. The van der Waals surface area contributed by atoms with Gasteiger partial charge in [-0.3, -0.25) is 5.84 Å². The van der Waals surface area contributed by atoms with Gasteiger partial charge in [0.25, 0.3) is 0 Å². The topological polar surface area (TPSA) is 38.0 Å². The van der Waals surface area contributed by atoms with Gasteiger partial charge in [-0.05, 0) is 30.2 Å². The average Bonchev–Trinajstić information content (AvgIpc) is 2.37. The van der Waals surface area contributed by atoms with E-state index in [4.69, 9.17) is 29.0 Å². The Morgan fingerprint density at radius 3 is 2.53 bits per heavy atom. The van der Waals surface area contributed by atoms with E-state index >= 15 is 0 Å². The molecule has 0 radical (unpaired) electrons. The molecule has 19 heavy (non-hydrogen) atoms. The van der Waals surface area contributed by atoms with E-state index in [-0.39, 0.29) is 5.82 Å². The quantitative estimate of drug-likeness (QED) is 0.664. The zero-order valence-electron chi connectivity index (χ0n) is 10.3. The standard InChI is InChI=1S/C14H13Cl2FN2/c1-8-5-6-9(12(17)7-8)14(19-18)10-3-2-4-11(15)13(10)16/h2-7,14,19H,18H2,1H3. The van der Waals surface area contributed by atoms with Crippen LogP contribution in [0.1, 0.15) is 22.7 Å². The number of hydrazine groups is 1. The van der Waals surface area contributed by atoms with Crippen molar-refractivity contribution in [3.05, 3.63) is 69.0 Å². The van der Waals surface area contributed by atoms with Gasteiger partial charge in [0.05, 0.1) is 16.1 Å². The minimum Gasteiger partial charge on any atom is -0.271 e. The summed E-state index contributed by atoms with van der Waals surface area (Å²) in [5, 5.41) is 0.777. The summed E-state index contributed by atoms with van der Waals surface area (Å²) in [6.07, 6.45) is 0. The van der Waals surface area contributed by atoms with Crippen LogP contribution >= 0.6 is 23.2 Å². The summed E-state index contributed by atoms with van der Waals surface area (Å²) in [5.74, 6) is 5.21. The van der Waals surface area contributed by atoms with Gasteiger partial charge in [0.15, 0.2) is 0 Å². The van der Waals surface area contributed by atoms with Gasteiger partial charge in [-0.2, -0.15) is 0 Å². The molecule has 0 fully saturated rings. The number of benzene rings is 2. The number of hydrogen-bond donors (Lipinski definition) is 2. The first-order valence-corrected chi connectivity index (χ1v) is 6.46. The molecule has 2 aromatic rings. The third kappa shape index (κ3) is 2.90. The van der Waals surface area contributed by atoms with Crippen molar-refractivity contribution in [1.82, 2.24) is 5.43 Å². The van der Waals surface area contributed by atoms with Gasteiger partial charge in [-0.25, -0.2) is 9.82 Å². The minimum atomic E-state index is -0.549. The third-order valence-corrected chi connectivity index (χ3v) is 3.76. The van der Waals surface area contributed by atoms with E-state index in [1.807, 2.05) is 13.0 Å². The highest BCUT2D eigenvalue weighted by Crippen LogP contribution is 2.33. The van der Waals surface area contributed by atoms with E-state index in [1.165, 1.54) is 6.07 Å². The monoisotopic (exact) mass is 298 g/mol. The molecule has 1 atom stereocenters. The van der Waals surface area contributed by atoms with Crippen molar-refractivity contribution in [2.24, 2.45) is 5.84 Å². The molecule has 2 nitrogen and oxygen atoms in total. The SMILES string of the molecule is Cc1ccc(C(NN)c2cccc(Cl)c2Cl)c(F)c1. The van der Waals surface area contributed by atoms with Crippen LogP contribution in [0.5, 0.6) is 0 Å². The summed E-state index contributed by atoms with van der Waals surface area (Å²) >= 11 is 12.1. The Morgan fingerprint density at radius 1 is 1.16 bits per heavy atom. The van der Waals surface area contributed by atoms with Crippen molar-refractivity contribution in [2.75, 3.05) is 0 Å². The number of halogens is 3. The van der Waals surface area contributed by atoms with Crippen LogP contribution in [-0.2, 0) is 0 Å². The molecule has 5 heteroatoms. The lowest BCUT2D eigenvalue weighted by molar-refractivity contribution is 0.559. The first-order valence-electron chi connectivity index (χ1n) is 5.70. The van der Waals surface area contributed by atoms with Crippen molar-refractivity contribution in [1.29, 1.82) is 0 Å². The van der Waals surface area contributed by atoms with Gasteiger partial charge in [0, 0.05) is 5.56 Å². The molecule has 0 spiro atoms. The molecule has 2 rings (SSSR count). The van der Waals surface area contributed by atoms with Gasteiger partial charge in [0.2, 0.25) is 0 Å². The fraction of sp³-hybridized carbons (Fsp3) is 0.143. The molecule has 0 aromatic heterocycles. The molecule has 0 amide bonds. The van der Waals surface area contributed by atoms with Gasteiger partial charge in [0.1, 0.15) is 5.82 Å². The molecule has 2 aromatic carbocycles. The van der Waals surface area contributed by atoms with Crippen LogP contribution in [0, 0.1) is 12.7 Å². The second-order valence-electron chi connectivity index (χ2n) is 4.27. The molecule has 0 saturated carbocycles. The summed E-state index contributed by atoms with van der Waals surface area (Å²) in [7, 11) is 0. The molecule has 3 N–H and O–H groups in total. The first kappa shape index (κ1) is 14.3. The maximum Gasteiger partial charge on any atom is 0.128 e. The molecule has 0 bridgehead atoms. The van der Waals surface area contributed by atoms with E-state index < -0.39 is 6.04 Å². The van der Waals surface area contributed by atoms with Crippen LogP contribution in [0.15, 0.2) is 36.4 Å². The lowest BCUT2D eigenvalue weighted by atomic mass is 9.98. The molecule has 0 saturated heterocycles. The summed E-state index contributed by atoms with van der Waals surface area (Å²) < 4.78 is 14.0. The summed E-state index contributed by atoms with van der Waals surface area (Å²) in [4.78, 5) is 0. The zero-order valence-corrected chi connectivity index (χ0v) is 11.8. The van der Waals surface area contributed by atoms with Crippen molar-refractivity contribution in [2.45, 2.75) is 13.0 Å². The van der Waals surface area contributed by atoms with Crippen LogP contribution in [0.4, 0.5) is 4.39 Å². The Morgan fingerprint density at radius 2 is 1.89 bits per heavy atom. The molecule has 100 valence electrons. The molecule has 0 aliphatic rings. The number of nitrogens with two attached hydrogens (primary N) is 1. The van der Waals surface area contributed by atoms with E-state index in [2.05, 4.69) is 5.43 Å². The molecular formula is C14H13Cl2FN2. The molecule has 0 aliphatic heterocycles. The number of aryl methyl sites for hydroxylation is 1. The highest BCUT2D eigenvalue weighted by atomic mass is 35.5. The van der Waals surface area contributed by atoms with E-state index in [0.717, 1.165) is 5.56 Å². The summed E-state index contributed by atoms with van der Waals surface area (Å²) in [6.45, 7) is 1.82. The Bertz CT molecular complexity index is 602. The second-order valence-corrected chi connectivity index (χ2v) is 5.05. The maximum atomic E-state index is 14.0. The Labute approximate surface area is 121 Å². The predicted molar refractivity (Wildman–Crippen MR) is 76.8 cm³/mol. The van der Waals surface area contributed by atoms with Gasteiger partial charge in [-0.15, -0.1) is 0 Å². The smallest absolute Gasteiger partial charge is 0.128 e. The molecule has 1 unspecified atom stereocenters. The molecule has 0 heterocycles. The van der Waals surface area contributed by atoms with Crippen molar-refractivity contribution < 1.29 is 4.39 Å². The Hall–Kier alpha value is -1.13. The highest BCUT2D eigenvalue weighted by molar-refractivity contribution is 6.42. The fourth-order valence-corrected chi connectivity index (χ4v) is 2.37. The van der Waals surface area contributed by atoms with E-state index in [1.54, 1.807) is 24.3 Å². The van der Waals surface area contributed by atoms with Crippen LogP contribution in [0.3, 0.4) is 0 Å². The van der Waals surface area contributed by atoms with Gasteiger partial charge in [-0.1, -0.05) is 47.5 Å². The number of hydrogen-bond acceptors (Lipinski definition) is 2. The maximum absolute atomic E-state index is 14.0. The first-order chi connectivity index (χ1) is 9.04. The predicted octanol–water partition coefficient (Wildman–Crippen LogP) is 3.99. The van der Waals surface area contributed by atoms with E-state index in [0.29, 0.717) is 21.2 Å². The lowest BCUT2D eigenvalue weighted by Crippen LogP contribution is -2.29. The zero-order chi connectivity index (χ0) is 14.0. The lowest BCUT2D eigenvalue weighted by Gasteiger charge is -2.19. The molecular weight excluding hydrogens is 286 g/mol. The van der Waals surface area contributed by atoms with Crippen LogP contribution in [-0.4, -0.2) is 0 Å². The summed E-state index contributed by atoms with van der Waals surface area (Å²) in [6, 6.07) is 9.60. The fourth-order valence-electron chi connectivity index (χ4n) is 1.96. The van der Waals surface area contributed by atoms with Gasteiger partial charge < -0.3 is 0 Å². The third-order valence-electron chi connectivity index (χ3n) is 2.93. The van der Waals surface area contributed by atoms with Crippen molar-refractivity contribution in [3.63, 3.8) is 0 Å². The molecule has 0 aliphatic carbocycles.